The maximum Gasteiger partial charge on any atom is 0.251 e. The van der Waals surface area contributed by atoms with Gasteiger partial charge < -0.3 is 5.32 Å². The molecule has 1 N–H and O–H groups in total. The zero-order chi connectivity index (χ0) is 13.2. The topological polar surface area (TPSA) is 29.1 Å². The summed E-state index contributed by atoms with van der Waals surface area (Å²) in [5.74, 6) is 0.504. The highest BCUT2D eigenvalue weighted by Gasteiger charge is 2.34. The van der Waals surface area contributed by atoms with Crippen LogP contribution in [0, 0.1) is 13.8 Å². The molecular formula is C15H20ClNO. The molecule has 0 saturated heterocycles. The molecule has 3 heteroatoms. The fraction of sp³-hybridized carbons (Fsp3) is 0.533. The number of carbonyl (C=O) groups excluding carboxylic acids is 1. The number of alkyl halides is 1. The van der Waals surface area contributed by atoms with Crippen LogP contribution in [-0.2, 0) is 0 Å². The molecule has 1 fully saturated rings. The molecule has 0 unspecified atom stereocenters. The van der Waals surface area contributed by atoms with Crippen molar-refractivity contribution >= 4 is 17.5 Å². The van der Waals surface area contributed by atoms with E-state index in [4.69, 9.17) is 11.6 Å². The molecule has 18 heavy (non-hydrogen) atoms. The minimum Gasteiger partial charge on any atom is -0.345 e. The molecule has 0 spiro atoms. The van der Waals surface area contributed by atoms with Crippen LogP contribution in [0.1, 0.15) is 47.2 Å². The second-order valence-electron chi connectivity index (χ2n) is 5.37. The third kappa shape index (κ3) is 2.69. The lowest BCUT2D eigenvalue weighted by Crippen LogP contribution is -2.47. The molecule has 0 radical (unpaired) electrons. The molecule has 0 heterocycles. The van der Waals surface area contributed by atoms with Crippen LogP contribution in [0.3, 0.4) is 0 Å². The smallest absolute Gasteiger partial charge is 0.251 e. The highest BCUT2D eigenvalue weighted by molar-refractivity contribution is 6.19. The van der Waals surface area contributed by atoms with E-state index in [1.54, 1.807) is 0 Å². The van der Waals surface area contributed by atoms with Crippen LogP contribution in [0.2, 0.25) is 0 Å². The number of halogens is 1. The van der Waals surface area contributed by atoms with Gasteiger partial charge in [0.15, 0.2) is 0 Å². The van der Waals surface area contributed by atoms with Gasteiger partial charge in [0.25, 0.3) is 5.91 Å². The van der Waals surface area contributed by atoms with E-state index < -0.39 is 0 Å². The molecule has 98 valence electrons. The molecule has 1 aromatic carbocycles. The molecule has 2 rings (SSSR count). The third-order valence-electron chi connectivity index (χ3n) is 3.96. The van der Waals surface area contributed by atoms with E-state index in [9.17, 15) is 4.79 Å². The Morgan fingerprint density at radius 2 is 1.94 bits per heavy atom. The monoisotopic (exact) mass is 265 g/mol. The van der Waals surface area contributed by atoms with E-state index in [0.717, 1.165) is 36.8 Å². The quantitative estimate of drug-likeness (QED) is 0.832. The lowest BCUT2D eigenvalue weighted by molar-refractivity contribution is 0.0909. The van der Waals surface area contributed by atoms with Gasteiger partial charge in [-0.05, 0) is 49.9 Å². The van der Waals surface area contributed by atoms with Crippen molar-refractivity contribution < 1.29 is 4.79 Å². The molecule has 0 aromatic heterocycles. The predicted molar refractivity (Wildman–Crippen MR) is 75.3 cm³/mol. The first-order valence-corrected chi connectivity index (χ1v) is 7.05. The molecule has 2 nitrogen and oxygen atoms in total. The van der Waals surface area contributed by atoms with Gasteiger partial charge in [0, 0.05) is 11.4 Å². The highest BCUT2D eigenvalue weighted by Crippen LogP contribution is 2.31. The van der Waals surface area contributed by atoms with Crippen LogP contribution in [0.5, 0.6) is 0 Å². The van der Waals surface area contributed by atoms with Gasteiger partial charge in [-0.15, -0.1) is 11.6 Å². The summed E-state index contributed by atoms with van der Waals surface area (Å²) in [4.78, 5) is 12.3. The molecule has 1 amide bonds. The maximum atomic E-state index is 12.3. The molecule has 1 aromatic rings. The number of rotatable bonds is 3. The van der Waals surface area contributed by atoms with E-state index in [2.05, 4.69) is 5.32 Å². The van der Waals surface area contributed by atoms with Crippen LogP contribution in [-0.4, -0.2) is 17.3 Å². The third-order valence-corrected chi connectivity index (χ3v) is 4.48. The predicted octanol–water partition coefficient (Wildman–Crippen LogP) is 3.58. The summed E-state index contributed by atoms with van der Waals surface area (Å²) in [5, 5.41) is 3.13. The number of carbonyl (C=O) groups is 1. The number of nitrogens with one attached hydrogen (secondary N) is 1. The zero-order valence-electron chi connectivity index (χ0n) is 11.1. The average Bonchev–Trinajstić information content (AvgIpc) is 2.82. The van der Waals surface area contributed by atoms with Gasteiger partial charge in [0.1, 0.15) is 0 Å². The molecule has 0 aliphatic heterocycles. The molecule has 1 saturated carbocycles. The molecule has 0 atom stereocenters. The van der Waals surface area contributed by atoms with E-state index in [1.807, 2.05) is 32.0 Å². The van der Waals surface area contributed by atoms with Crippen LogP contribution in [0.4, 0.5) is 0 Å². The summed E-state index contributed by atoms with van der Waals surface area (Å²) in [6.45, 7) is 4.08. The van der Waals surface area contributed by atoms with Gasteiger partial charge in [0.05, 0.1) is 5.54 Å². The molecular weight excluding hydrogens is 246 g/mol. The van der Waals surface area contributed by atoms with Gasteiger partial charge in [-0.1, -0.05) is 18.9 Å². The Labute approximate surface area is 114 Å². The van der Waals surface area contributed by atoms with E-state index in [0.29, 0.717) is 5.88 Å². The number of amides is 1. The Kier molecular flexibility index (Phi) is 3.96. The minimum atomic E-state index is -0.183. The van der Waals surface area contributed by atoms with Crippen molar-refractivity contribution in [2.24, 2.45) is 0 Å². The highest BCUT2D eigenvalue weighted by atomic mass is 35.5. The summed E-state index contributed by atoms with van der Waals surface area (Å²) in [5.41, 5.74) is 2.90. The molecule has 1 aliphatic carbocycles. The molecule has 0 bridgehead atoms. The fourth-order valence-electron chi connectivity index (χ4n) is 2.54. The summed E-state index contributed by atoms with van der Waals surface area (Å²) < 4.78 is 0. The lowest BCUT2D eigenvalue weighted by Gasteiger charge is -2.28. The first-order valence-electron chi connectivity index (χ1n) is 6.52. The second kappa shape index (κ2) is 5.31. The number of hydrogen-bond donors (Lipinski definition) is 1. The van der Waals surface area contributed by atoms with Gasteiger partial charge in [0.2, 0.25) is 0 Å². The summed E-state index contributed by atoms with van der Waals surface area (Å²) in [6.07, 6.45) is 4.29. The Bertz CT molecular complexity index is 450. The zero-order valence-corrected chi connectivity index (χ0v) is 11.8. The Morgan fingerprint density at radius 1 is 1.28 bits per heavy atom. The number of benzene rings is 1. The van der Waals surface area contributed by atoms with Crippen LogP contribution < -0.4 is 5.32 Å². The van der Waals surface area contributed by atoms with Crippen molar-refractivity contribution in [3.63, 3.8) is 0 Å². The largest absolute Gasteiger partial charge is 0.345 e. The number of hydrogen-bond acceptors (Lipinski definition) is 1. The van der Waals surface area contributed by atoms with Gasteiger partial charge in [-0.25, -0.2) is 0 Å². The van der Waals surface area contributed by atoms with Crippen molar-refractivity contribution in [3.8, 4) is 0 Å². The second-order valence-corrected chi connectivity index (χ2v) is 5.64. The van der Waals surface area contributed by atoms with Gasteiger partial charge in [-0.2, -0.15) is 0 Å². The Morgan fingerprint density at radius 3 is 2.50 bits per heavy atom. The van der Waals surface area contributed by atoms with Crippen LogP contribution in [0.25, 0.3) is 0 Å². The summed E-state index contributed by atoms with van der Waals surface area (Å²) in [7, 11) is 0. The maximum absolute atomic E-state index is 12.3. The van der Waals surface area contributed by atoms with Gasteiger partial charge in [-0.3, -0.25) is 4.79 Å². The van der Waals surface area contributed by atoms with Gasteiger partial charge >= 0.3 is 0 Å². The van der Waals surface area contributed by atoms with Crippen molar-refractivity contribution in [1.82, 2.24) is 5.32 Å². The normalized spacial score (nSPS) is 17.7. The first-order chi connectivity index (χ1) is 8.56. The number of aryl methyl sites for hydroxylation is 2. The van der Waals surface area contributed by atoms with E-state index >= 15 is 0 Å². The Hall–Kier alpha value is -1.02. The van der Waals surface area contributed by atoms with Crippen molar-refractivity contribution in [2.45, 2.75) is 45.1 Å². The SMILES string of the molecule is Cc1ccc(C(=O)NC2(CCl)CCCC2)cc1C. The summed E-state index contributed by atoms with van der Waals surface area (Å²) >= 11 is 6.04. The van der Waals surface area contributed by atoms with Crippen LogP contribution >= 0.6 is 11.6 Å². The lowest BCUT2D eigenvalue weighted by atomic mass is 9.99. The summed E-state index contributed by atoms with van der Waals surface area (Å²) in [6, 6.07) is 5.82. The van der Waals surface area contributed by atoms with E-state index in [-0.39, 0.29) is 11.4 Å². The van der Waals surface area contributed by atoms with Crippen LogP contribution in [0.15, 0.2) is 18.2 Å². The van der Waals surface area contributed by atoms with E-state index in [1.165, 1.54) is 5.56 Å². The molecule has 1 aliphatic rings. The fourth-order valence-corrected chi connectivity index (χ4v) is 2.87. The minimum absolute atomic E-state index is 0.000602. The van der Waals surface area contributed by atoms with Crippen molar-refractivity contribution in [1.29, 1.82) is 0 Å². The van der Waals surface area contributed by atoms with Crippen molar-refractivity contribution in [3.05, 3.63) is 34.9 Å². The average molecular weight is 266 g/mol. The Balaban J connectivity index is 2.13. The first kappa shape index (κ1) is 13.4. The van der Waals surface area contributed by atoms with Crippen molar-refractivity contribution in [2.75, 3.05) is 5.88 Å². The standard InChI is InChI=1S/C15H20ClNO/c1-11-5-6-13(9-12(11)2)14(18)17-15(10-16)7-3-4-8-15/h5-6,9H,3-4,7-8,10H2,1-2H3,(H,17,18).